The lowest BCUT2D eigenvalue weighted by atomic mass is 9.97. The summed E-state index contributed by atoms with van der Waals surface area (Å²) >= 11 is 0. The van der Waals surface area contributed by atoms with Gasteiger partial charge in [0, 0.05) is 20.2 Å². The lowest BCUT2D eigenvalue weighted by Crippen LogP contribution is -2.65. The molecule has 5 atom stereocenters. The normalized spacial score (nSPS) is 22.9. The average molecular weight is 577 g/mol. The number of urea groups is 1. The standard InChI is InChI=1S/C30H60N2O8/c1-3-4-5-6-7-8-9-10-11-12-13-14-15-16-17-18-20-32(30(37)31-19-21-39-23-22-38-2)29-28(36)27(35)26(34)25(24-33)40-29/h25-29,33-36H,3-24H2,1-2H3,(H,31,37)/t25-,26-,27+,28-,29?/m1/s1. The summed E-state index contributed by atoms with van der Waals surface area (Å²) < 4.78 is 16.0. The Kier molecular flexibility index (Phi) is 22.7. The number of aliphatic hydroxyl groups is 4. The zero-order valence-corrected chi connectivity index (χ0v) is 25.3. The largest absolute Gasteiger partial charge is 0.394 e. The van der Waals surface area contributed by atoms with Crippen LogP contribution in [0.1, 0.15) is 110 Å². The van der Waals surface area contributed by atoms with Crippen LogP contribution >= 0.6 is 0 Å². The SMILES string of the molecule is CCCCCCCCCCCCCCCCCCN(C(=O)NCCOCCOC)C1O[C@H](CO)[C@@H](O)[C@H](O)[C@H]1O. The number of carbonyl (C=O) groups is 1. The summed E-state index contributed by atoms with van der Waals surface area (Å²) in [5.74, 6) is 0. The van der Waals surface area contributed by atoms with Gasteiger partial charge in [0.2, 0.25) is 0 Å². The number of hydrogen-bond donors (Lipinski definition) is 5. The van der Waals surface area contributed by atoms with E-state index in [2.05, 4.69) is 12.2 Å². The van der Waals surface area contributed by atoms with Crippen molar-refractivity contribution in [3.05, 3.63) is 0 Å². The molecule has 10 nitrogen and oxygen atoms in total. The summed E-state index contributed by atoms with van der Waals surface area (Å²) in [6.07, 6.45) is 13.2. The Bertz CT molecular complexity index is 598. The Morgan fingerprint density at radius 2 is 1.27 bits per heavy atom. The summed E-state index contributed by atoms with van der Waals surface area (Å²) in [5, 5.41) is 43.2. The van der Waals surface area contributed by atoms with E-state index in [-0.39, 0.29) is 6.54 Å². The molecule has 0 spiro atoms. The van der Waals surface area contributed by atoms with Gasteiger partial charge < -0.3 is 40.0 Å². The Morgan fingerprint density at radius 1 is 0.750 bits per heavy atom. The minimum absolute atomic E-state index is 0.259. The number of unbranched alkanes of at least 4 members (excludes halogenated alkanes) is 15. The monoisotopic (exact) mass is 576 g/mol. The number of nitrogens with zero attached hydrogens (tertiary/aromatic N) is 1. The van der Waals surface area contributed by atoms with E-state index in [1.807, 2.05) is 0 Å². The molecular formula is C30H60N2O8. The first kappa shape index (κ1) is 37.0. The van der Waals surface area contributed by atoms with Crippen molar-refractivity contribution in [1.82, 2.24) is 10.2 Å². The van der Waals surface area contributed by atoms with Crippen LogP contribution in [-0.2, 0) is 14.2 Å². The van der Waals surface area contributed by atoms with Crippen LogP contribution < -0.4 is 5.32 Å². The molecule has 1 saturated heterocycles. The van der Waals surface area contributed by atoms with Crippen LogP contribution in [0.15, 0.2) is 0 Å². The van der Waals surface area contributed by atoms with Crippen molar-refractivity contribution in [2.24, 2.45) is 0 Å². The predicted octanol–water partition coefficient (Wildman–Crippen LogP) is 3.72. The lowest BCUT2D eigenvalue weighted by molar-refractivity contribution is -0.257. The second-order valence-electron chi connectivity index (χ2n) is 11.1. The van der Waals surface area contributed by atoms with Gasteiger partial charge in [-0.05, 0) is 6.42 Å². The van der Waals surface area contributed by atoms with E-state index in [9.17, 15) is 25.2 Å². The molecule has 0 aromatic carbocycles. The van der Waals surface area contributed by atoms with Gasteiger partial charge in [-0.2, -0.15) is 0 Å². The summed E-state index contributed by atoms with van der Waals surface area (Å²) in [4.78, 5) is 14.3. The fourth-order valence-corrected chi connectivity index (χ4v) is 5.09. The van der Waals surface area contributed by atoms with E-state index in [0.717, 1.165) is 19.3 Å². The smallest absolute Gasteiger partial charge is 0.319 e. The Labute approximate surface area is 242 Å². The maximum atomic E-state index is 13.0. The maximum absolute atomic E-state index is 13.0. The number of nitrogens with one attached hydrogen (secondary N) is 1. The Balaban J connectivity index is 2.32. The molecule has 1 fully saturated rings. The predicted molar refractivity (Wildman–Crippen MR) is 156 cm³/mol. The van der Waals surface area contributed by atoms with Gasteiger partial charge >= 0.3 is 6.03 Å². The van der Waals surface area contributed by atoms with Gasteiger partial charge in [-0.15, -0.1) is 0 Å². The summed E-state index contributed by atoms with van der Waals surface area (Å²) in [5.41, 5.74) is 0. The highest BCUT2D eigenvalue weighted by Crippen LogP contribution is 2.24. The fourth-order valence-electron chi connectivity index (χ4n) is 5.09. The van der Waals surface area contributed by atoms with Crippen molar-refractivity contribution >= 4 is 6.03 Å². The zero-order valence-electron chi connectivity index (χ0n) is 25.3. The van der Waals surface area contributed by atoms with Crippen LogP contribution in [0.5, 0.6) is 0 Å². The van der Waals surface area contributed by atoms with Crippen molar-refractivity contribution in [3.8, 4) is 0 Å². The molecule has 1 heterocycles. The van der Waals surface area contributed by atoms with Crippen molar-refractivity contribution in [2.75, 3.05) is 46.6 Å². The van der Waals surface area contributed by atoms with E-state index < -0.39 is 43.3 Å². The first-order valence-electron chi connectivity index (χ1n) is 15.9. The molecule has 0 saturated carbocycles. The average Bonchev–Trinajstić information content (AvgIpc) is 2.96. The number of ether oxygens (including phenoxy) is 3. The van der Waals surface area contributed by atoms with Gasteiger partial charge in [-0.1, -0.05) is 103 Å². The van der Waals surface area contributed by atoms with Gasteiger partial charge in [0.1, 0.15) is 24.4 Å². The van der Waals surface area contributed by atoms with E-state index in [1.54, 1.807) is 7.11 Å². The van der Waals surface area contributed by atoms with E-state index in [0.29, 0.717) is 32.8 Å². The number of amides is 2. The number of carbonyl (C=O) groups excluding carboxylic acids is 1. The van der Waals surface area contributed by atoms with Crippen LogP contribution in [-0.4, -0.2) is 109 Å². The highest BCUT2D eigenvalue weighted by molar-refractivity contribution is 5.74. The Hall–Kier alpha value is -1.01. The van der Waals surface area contributed by atoms with Crippen LogP contribution in [0.2, 0.25) is 0 Å². The van der Waals surface area contributed by atoms with Crippen LogP contribution in [0.25, 0.3) is 0 Å². The molecule has 238 valence electrons. The van der Waals surface area contributed by atoms with Crippen LogP contribution in [0.3, 0.4) is 0 Å². The summed E-state index contributed by atoms with van der Waals surface area (Å²) in [6, 6.07) is -0.458. The third-order valence-electron chi connectivity index (χ3n) is 7.64. The quantitative estimate of drug-likeness (QED) is 0.104. The molecule has 40 heavy (non-hydrogen) atoms. The summed E-state index contributed by atoms with van der Waals surface area (Å²) in [7, 11) is 1.59. The van der Waals surface area contributed by atoms with Crippen molar-refractivity contribution < 1.29 is 39.4 Å². The van der Waals surface area contributed by atoms with Crippen LogP contribution in [0, 0.1) is 0 Å². The van der Waals surface area contributed by atoms with Gasteiger partial charge in [0.05, 0.1) is 26.4 Å². The topological polar surface area (TPSA) is 141 Å². The molecule has 0 radical (unpaired) electrons. The molecule has 2 amide bonds. The molecule has 0 aromatic heterocycles. The van der Waals surface area contributed by atoms with E-state index in [1.165, 1.54) is 81.9 Å². The van der Waals surface area contributed by atoms with Gasteiger partial charge in [-0.25, -0.2) is 4.79 Å². The molecule has 5 N–H and O–H groups in total. The van der Waals surface area contributed by atoms with Gasteiger partial charge in [0.25, 0.3) is 0 Å². The molecule has 0 aromatic rings. The second-order valence-corrected chi connectivity index (χ2v) is 11.1. The third kappa shape index (κ3) is 15.8. The molecular weight excluding hydrogens is 516 g/mol. The van der Waals surface area contributed by atoms with Crippen molar-refractivity contribution in [3.63, 3.8) is 0 Å². The first-order valence-corrected chi connectivity index (χ1v) is 15.9. The van der Waals surface area contributed by atoms with E-state index >= 15 is 0 Å². The minimum Gasteiger partial charge on any atom is -0.394 e. The molecule has 1 aliphatic rings. The van der Waals surface area contributed by atoms with Crippen LogP contribution in [0.4, 0.5) is 4.79 Å². The maximum Gasteiger partial charge on any atom is 0.319 e. The summed E-state index contributed by atoms with van der Waals surface area (Å²) in [6.45, 7) is 3.48. The van der Waals surface area contributed by atoms with E-state index in [4.69, 9.17) is 14.2 Å². The first-order chi connectivity index (χ1) is 19.5. The molecule has 1 aliphatic heterocycles. The van der Waals surface area contributed by atoms with Crippen molar-refractivity contribution in [1.29, 1.82) is 0 Å². The molecule has 0 bridgehead atoms. The molecule has 10 heteroatoms. The Morgan fingerprint density at radius 3 is 1.77 bits per heavy atom. The number of aliphatic hydroxyl groups excluding tert-OH is 4. The highest BCUT2D eigenvalue weighted by atomic mass is 16.6. The molecule has 1 unspecified atom stereocenters. The number of rotatable bonds is 25. The third-order valence-corrected chi connectivity index (χ3v) is 7.64. The number of methoxy groups -OCH3 is 1. The highest BCUT2D eigenvalue weighted by Gasteiger charge is 2.46. The number of hydrogen-bond acceptors (Lipinski definition) is 8. The lowest BCUT2D eigenvalue weighted by Gasteiger charge is -2.44. The second kappa shape index (κ2) is 24.6. The molecule has 1 rings (SSSR count). The minimum atomic E-state index is -1.53. The molecule has 0 aliphatic carbocycles. The fraction of sp³-hybridized carbons (Fsp3) is 0.967. The van der Waals surface area contributed by atoms with Crippen molar-refractivity contribution in [2.45, 2.75) is 140 Å². The zero-order chi connectivity index (χ0) is 29.4. The van der Waals surface area contributed by atoms with Gasteiger partial charge in [0.15, 0.2) is 6.23 Å². The van der Waals surface area contributed by atoms with Gasteiger partial charge in [-0.3, -0.25) is 4.90 Å².